The van der Waals surface area contributed by atoms with E-state index in [1.54, 1.807) is 43.3 Å². The molecule has 228 valence electrons. The molecule has 0 saturated heterocycles. The summed E-state index contributed by atoms with van der Waals surface area (Å²) in [5, 5.41) is 14.6. The van der Waals surface area contributed by atoms with Gasteiger partial charge in [-0.1, -0.05) is 23.8 Å². The van der Waals surface area contributed by atoms with E-state index in [1.165, 1.54) is 48.7 Å². The Morgan fingerprint density at radius 1 is 1.00 bits per heavy atom. The van der Waals surface area contributed by atoms with E-state index in [2.05, 4.69) is 10.5 Å². The molecule has 14 heteroatoms. The molecule has 1 amide bonds. The molecule has 0 unspecified atom stereocenters. The number of ether oxygens (including phenoxy) is 1. The molecule has 0 aliphatic carbocycles. The number of carbonyl (C=O) groups excluding carboxylic acids is 1. The lowest BCUT2D eigenvalue weighted by atomic mass is 10.2. The number of sulfonamides is 1. The Balaban J connectivity index is 1.43. The van der Waals surface area contributed by atoms with Gasteiger partial charge in [-0.05, 0) is 84.8 Å². The highest BCUT2D eigenvalue weighted by Crippen LogP contribution is 2.33. The number of aryl methyl sites for hydroxylation is 1. The lowest BCUT2D eigenvalue weighted by Crippen LogP contribution is -2.39. The van der Waals surface area contributed by atoms with Gasteiger partial charge in [0.2, 0.25) is 0 Å². The molecule has 0 fully saturated rings. The summed E-state index contributed by atoms with van der Waals surface area (Å²) in [7, 11) is -4.43. The number of hydrogen-bond acceptors (Lipinski definition) is 7. The average molecular weight is 627 g/mol. The minimum Gasteiger partial charge on any atom is -0.489 e. The minimum absolute atomic E-state index is 0.0271. The number of hydrazone groups is 1. The Kier molecular flexibility index (Phi) is 9.63. The topological polar surface area (TPSA) is 131 Å². The van der Waals surface area contributed by atoms with Crippen molar-refractivity contribution in [3.8, 4) is 5.75 Å². The molecule has 4 aromatic carbocycles. The van der Waals surface area contributed by atoms with Crippen LogP contribution >= 0.6 is 0 Å². The zero-order chi connectivity index (χ0) is 31.9. The fourth-order valence-electron chi connectivity index (χ4n) is 3.87. The number of anilines is 1. The van der Waals surface area contributed by atoms with E-state index in [9.17, 15) is 36.5 Å². The third kappa shape index (κ3) is 8.19. The van der Waals surface area contributed by atoms with Gasteiger partial charge in [0.25, 0.3) is 21.6 Å². The maximum absolute atomic E-state index is 13.4. The summed E-state index contributed by atoms with van der Waals surface area (Å²) < 4.78 is 73.3. The van der Waals surface area contributed by atoms with Gasteiger partial charge >= 0.3 is 6.18 Å². The van der Waals surface area contributed by atoms with Gasteiger partial charge < -0.3 is 4.74 Å². The molecule has 0 atom stereocenters. The lowest BCUT2D eigenvalue weighted by molar-refractivity contribution is -0.384. The second-order valence-corrected chi connectivity index (χ2v) is 11.3. The van der Waals surface area contributed by atoms with E-state index in [0.29, 0.717) is 21.7 Å². The number of rotatable bonds is 11. The molecule has 0 heterocycles. The van der Waals surface area contributed by atoms with E-state index in [0.717, 1.165) is 23.3 Å². The Labute approximate surface area is 250 Å². The zero-order valence-corrected chi connectivity index (χ0v) is 23.9. The molecule has 4 rings (SSSR count). The van der Waals surface area contributed by atoms with Crippen LogP contribution in [0, 0.1) is 17.0 Å². The molecular formula is C30H25F3N4O6S. The molecular weight excluding hydrogens is 601 g/mol. The summed E-state index contributed by atoms with van der Waals surface area (Å²) >= 11 is 0. The van der Waals surface area contributed by atoms with Crippen LogP contribution in [0.5, 0.6) is 5.75 Å². The number of nitro groups is 1. The third-order valence-electron chi connectivity index (χ3n) is 6.19. The fourth-order valence-corrected chi connectivity index (χ4v) is 5.28. The number of benzene rings is 4. The van der Waals surface area contributed by atoms with Gasteiger partial charge in [0.05, 0.1) is 27.3 Å². The van der Waals surface area contributed by atoms with Crippen LogP contribution in [0.2, 0.25) is 0 Å². The Morgan fingerprint density at radius 2 is 1.66 bits per heavy atom. The normalized spacial score (nSPS) is 11.7. The maximum atomic E-state index is 13.4. The van der Waals surface area contributed by atoms with Crippen LogP contribution < -0.4 is 14.5 Å². The number of carbonyl (C=O) groups is 1. The van der Waals surface area contributed by atoms with Crippen LogP contribution in [0.1, 0.15) is 22.3 Å². The lowest BCUT2D eigenvalue weighted by Gasteiger charge is -2.24. The predicted molar refractivity (Wildman–Crippen MR) is 157 cm³/mol. The molecule has 0 bridgehead atoms. The predicted octanol–water partition coefficient (Wildman–Crippen LogP) is 5.85. The third-order valence-corrected chi connectivity index (χ3v) is 7.98. The van der Waals surface area contributed by atoms with Crippen molar-refractivity contribution in [3.05, 3.63) is 129 Å². The Bertz CT molecular complexity index is 1760. The van der Waals surface area contributed by atoms with Crippen LogP contribution in [-0.2, 0) is 27.6 Å². The second-order valence-electron chi connectivity index (χ2n) is 9.45. The summed E-state index contributed by atoms with van der Waals surface area (Å²) in [4.78, 5) is 22.8. The van der Waals surface area contributed by atoms with Gasteiger partial charge in [-0.15, -0.1) is 0 Å². The maximum Gasteiger partial charge on any atom is 0.416 e. The van der Waals surface area contributed by atoms with E-state index in [1.807, 2.05) is 0 Å². The number of nitrogens with zero attached hydrogens (tertiary/aromatic N) is 3. The number of non-ortho nitro benzene ring substituents is 1. The number of alkyl halides is 3. The van der Waals surface area contributed by atoms with Crippen molar-refractivity contribution in [2.24, 2.45) is 5.10 Å². The van der Waals surface area contributed by atoms with Gasteiger partial charge in [-0.25, -0.2) is 13.8 Å². The Hall–Kier alpha value is -5.24. The van der Waals surface area contributed by atoms with E-state index in [4.69, 9.17) is 4.74 Å². The first kappa shape index (κ1) is 31.7. The van der Waals surface area contributed by atoms with Crippen molar-refractivity contribution in [1.82, 2.24) is 5.43 Å². The van der Waals surface area contributed by atoms with Crippen molar-refractivity contribution in [2.75, 3.05) is 10.8 Å². The van der Waals surface area contributed by atoms with Crippen molar-refractivity contribution in [2.45, 2.75) is 24.6 Å². The molecule has 0 spiro atoms. The molecule has 0 aromatic heterocycles. The number of amides is 1. The number of hydrogen-bond donors (Lipinski definition) is 1. The molecule has 0 aliphatic rings. The molecule has 1 N–H and O–H groups in total. The van der Waals surface area contributed by atoms with E-state index < -0.39 is 39.1 Å². The number of nitrogens with one attached hydrogen (secondary N) is 1. The average Bonchev–Trinajstić information content (AvgIpc) is 2.99. The van der Waals surface area contributed by atoms with Gasteiger partial charge in [-0.2, -0.15) is 18.3 Å². The second kappa shape index (κ2) is 13.4. The highest BCUT2D eigenvalue weighted by molar-refractivity contribution is 7.92. The largest absolute Gasteiger partial charge is 0.489 e. The highest BCUT2D eigenvalue weighted by atomic mass is 32.2. The van der Waals surface area contributed by atoms with Gasteiger partial charge in [-0.3, -0.25) is 19.2 Å². The first-order valence-electron chi connectivity index (χ1n) is 12.9. The van der Waals surface area contributed by atoms with Gasteiger partial charge in [0.15, 0.2) is 0 Å². The van der Waals surface area contributed by atoms with E-state index in [-0.39, 0.29) is 22.9 Å². The van der Waals surface area contributed by atoms with Crippen LogP contribution in [0.25, 0.3) is 0 Å². The summed E-state index contributed by atoms with van der Waals surface area (Å²) in [5.41, 5.74) is 2.81. The Morgan fingerprint density at radius 3 is 2.27 bits per heavy atom. The fraction of sp³-hybridized carbons (Fsp3) is 0.133. The molecule has 0 saturated carbocycles. The first-order chi connectivity index (χ1) is 20.8. The highest BCUT2D eigenvalue weighted by Gasteiger charge is 2.33. The zero-order valence-electron chi connectivity index (χ0n) is 23.1. The van der Waals surface area contributed by atoms with Gasteiger partial charge in [0, 0.05) is 12.1 Å². The van der Waals surface area contributed by atoms with Crippen LogP contribution in [-0.4, -0.2) is 32.0 Å². The summed E-state index contributed by atoms with van der Waals surface area (Å²) in [6.45, 7) is 1.08. The summed E-state index contributed by atoms with van der Waals surface area (Å²) in [6.07, 6.45) is -3.44. The quantitative estimate of drug-likeness (QED) is 0.126. The number of halogens is 3. The smallest absolute Gasteiger partial charge is 0.416 e. The minimum atomic E-state index is -4.73. The van der Waals surface area contributed by atoms with Gasteiger partial charge in [0.1, 0.15) is 18.9 Å². The van der Waals surface area contributed by atoms with Crippen LogP contribution in [0.4, 0.5) is 24.5 Å². The SMILES string of the molecule is Cc1ccc(S(=O)(=O)N(CC(=O)N/N=C\c2ccc(OCc3ccc([N+](=O)[O-])cc3)cc2)c2cccc(C(F)(F)F)c2)cc1. The standard InChI is InChI=1S/C30H25F3N4O6S/c1-21-5-15-28(16-6-21)44(41,42)36(26-4-2-3-24(17-26)30(31,32)33)19-29(38)35-34-18-22-9-13-27(14-10-22)43-20-23-7-11-25(12-8-23)37(39)40/h2-18H,19-20H2,1H3,(H,35,38)/b34-18-. The van der Waals surface area contributed by atoms with E-state index >= 15 is 0 Å². The monoisotopic (exact) mass is 626 g/mol. The summed E-state index contributed by atoms with van der Waals surface area (Å²) in [6, 6.07) is 21.8. The molecule has 10 nitrogen and oxygen atoms in total. The molecule has 0 radical (unpaired) electrons. The van der Waals surface area contributed by atoms with Crippen molar-refractivity contribution in [3.63, 3.8) is 0 Å². The van der Waals surface area contributed by atoms with Crippen molar-refractivity contribution >= 4 is 33.5 Å². The molecule has 44 heavy (non-hydrogen) atoms. The summed E-state index contributed by atoms with van der Waals surface area (Å²) in [5.74, 6) is -0.389. The molecule has 4 aromatic rings. The van der Waals surface area contributed by atoms with Crippen molar-refractivity contribution < 1.29 is 36.0 Å². The van der Waals surface area contributed by atoms with Crippen LogP contribution in [0.3, 0.4) is 0 Å². The van der Waals surface area contributed by atoms with Crippen LogP contribution in [0.15, 0.2) is 107 Å². The number of nitro benzene ring substituents is 1. The first-order valence-corrected chi connectivity index (χ1v) is 14.3. The molecule has 0 aliphatic heterocycles. The van der Waals surface area contributed by atoms with Crippen molar-refractivity contribution in [1.29, 1.82) is 0 Å².